The van der Waals surface area contributed by atoms with Gasteiger partial charge in [0, 0.05) is 24.6 Å². The molecule has 0 amide bonds. The zero-order valence-electron chi connectivity index (χ0n) is 10.9. The first-order valence-electron chi connectivity index (χ1n) is 6.44. The predicted molar refractivity (Wildman–Crippen MR) is 69.1 cm³/mol. The van der Waals surface area contributed by atoms with Crippen molar-refractivity contribution in [1.82, 2.24) is 4.98 Å². The molecule has 106 valence electrons. The normalized spacial score (nSPS) is 14.4. The molecule has 20 heavy (non-hydrogen) atoms. The van der Waals surface area contributed by atoms with Crippen LogP contribution in [-0.2, 0) is 17.8 Å². The number of hydrogen-bond acceptors (Lipinski definition) is 3. The number of nitrogens with one attached hydrogen (secondary N) is 1. The Balaban J connectivity index is 2.39. The molecule has 0 aliphatic carbocycles. The fourth-order valence-electron chi connectivity index (χ4n) is 2.49. The zero-order chi connectivity index (χ0) is 14.3. The third kappa shape index (κ3) is 1.91. The summed E-state index contributed by atoms with van der Waals surface area (Å²) >= 11 is 0. The molecule has 0 atom stereocenters. The Morgan fingerprint density at radius 1 is 1.30 bits per heavy atom. The van der Waals surface area contributed by atoms with Crippen LogP contribution in [0.25, 0.3) is 10.9 Å². The maximum absolute atomic E-state index is 14.1. The van der Waals surface area contributed by atoms with Gasteiger partial charge in [0.1, 0.15) is 0 Å². The molecule has 2 heterocycles. The summed E-state index contributed by atoms with van der Waals surface area (Å²) in [6.45, 7) is 3.19. The molecule has 0 saturated carbocycles. The minimum atomic E-state index is -1.48. The number of rotatable bonds is 2. The van der Waals surface area contributed by atoms with E-state index in [1.54, 1.807) is 0 Å². The van der Waals surface area contributed by atoms with E-state index in [2.05, 4.69) is 10.3 Å². The van der Waals surface area contributed by atoms with Gasteiger partial charge >= 0.3 is 0 Å². The van der Waals surface area contributed by atoms with Gasteiger partial charge in [-0.15, -0.1) is 0 Å². The third-order valence-electron chi connectivity index (χ3n) is 3.38. The van der Waals surface area contributed by atoms with Gasteiger partial charge in [0.2, 0.25) is 0 Å². The lowest BCUT2D eigenvalue weighted by Gasteiger charge is -2.22. The number of halogens is 3. The van der Waals surface area contributed by atoms with Gasteiger partial charge in [0.15, 0.2) is 17.5 Å². The van der Waals surface area contributed by atoms with E-state index in [-0.39, 0.29) is 10.9 Å². The van der Waals surface area contributed by atoms with Gasteiger partial charge in [-0.25, -0.2) is 13.2 Å². The molecule has 0 spiro atoms. The van der Waals surface area contributed by atoms with Gasteiger partial charge in [-0.1, -0.05) is 0 Å². The maximum Gasteiger partial charge on any atom is 0.195 e. The van der Waals surface area contributed by atoms with E-state index in [4.69, 9.17) is 4.74 Å². The highest BCUT2D eigenvalue weighted by Crippen LogP contribution is 2.34. The van der Waals surface area contributed by atoms with Crippen LogP contribution >= 0.6 is 0 Å². The minimum Gasteiger partial charge on any atom is -0.384 e. The fourth-order valence-corrected chi connectivity index (χ4v) is 2.49. The molecule has 1 aliphatic heterocycles. The molecular weight excluding hydrogens is 269 g/mol. The Labute approximate surface area is 113 Å². The van der Waals surface area contributed by atoms with Crippen LogP contribution in [0.4, 0.5) is 18.9 Å². The summed E-state index contributed by atoms with van der Waals surface area (Å²) in [4.78, 5) is 4.25. The third-order valence-corrected chi connectivity index (χ3v) is 3.38. The van der Waals surface area contributed by atoms with Crippen molar-refractivity contribution in [3.05, 3.63) is 34.8 Å². The molecule has 1 N–H and O–H groups in total. The number of benzene rings is 1. The second-order valence-electron chi connectivity index (χ2n) is 4.63. The number of aromatic nitrogens is 1. The summed E-state index contributed by atoms with van der Waals surface area (Å²) in [5, 5.41) is 3.00. The van der Waals surface area contributed by atoms with Crippen molar-refractivity contribution in [1.29, 1.82) is 0 Å². The summed E-state index contributed by atoms with van der Waals surface area (Å²) < 4.78 is 46.3. The largest absolute Gasteiger partial charge is 0.384 e. The van der Waals surface area contributed by atoms with Crippen molar-refractivity contribution in [3.8, 4) is 0 Å². The van der Waals surface area contributed by atoms with Gasteiger partial charge in [-0.05, 0) is 6.92 Å². The van der Waals surface area contributed by atoms with E-state index < -0.39 is 17.5 Å². The van der Waals surface area contributed by atoms with Crippen LogP contribution in [0, 0.1) is 17.5 Å². The first kappa shape index (κ1) is 13.2. The van der Waals surface area contributed by atoms with Gasteiger partial charge < -0.3 is 10.1 Å². The lowest BCUT2D eigenvalue weighted by Crippen LogP contribution is -2.16. The Hall–Kier alpha value is -1.82. The van der Waals surface area contributed by atoms with Crippen molar-refractivity contribution >= 4 is 16.6 Å². The molecule has 0 saturated heterocycles. The van der Waals surface area contributed by atoms with Crippen molar-refractivity contribution in [2.24, 2.45) is 0 Å². The maximum atomic E-state index is 14.1. The minimum absolute atomic E-state index is 0.0185. The molecule has 3 rings (SSSR count). The Morgan fingerprint density at radius 2 is 2.10 bits per heavy atom. The van der Waals surface area contributed by atoms with E-state index in [0.29, 0.717) is 31.9 Å². The van der Waals surface area contributed by atoms with Crippen molar-refractivity contribution in [3.63, 3.8) is 0 Å². The first-order chi connectivity index (χ1) is 9.63. The summed E-state index contributed by atoms with van der Waals surface area (Å²) in [5.74, 6) is -3.91. The molecule has 2 aromatic rings. The highest BCUT2D eigenvalue weighted by Gasteiger charge is 2.23. The lowest BCUT2D eigenvalue weighted by atomic mass is 10.0. The van der Waals surface area contributed by atoms with E-state index in [0.717, 1.165) is 17.3 Å². The highest BCUT2D eigenvalue weighted by atomic mass is 19.2. The number of ether oxygens (including phenoxy) is 1. The van der Waals surface area contributed by atoms with Crippen LogP contribution in [0.3, 0.4) is 0 Å². The Kier molecular flexibility index (Phi) is 3.25. The molecule has 0 fully saturated rings. The van der Waals surface area contributed by atoms with Crippen LogP contribution in [-0.4, -0.2) is 18.1 Å². The van der Waals surface area contributed by atoms with Gasteiger partial charge in [-0.2, -0.15) is 0 Å². The topological polar surface area (TPSA) is 34.2 Å². The Morgan fingerprint density at radius 3 is 2.85 bits per heavy atom. The molecule has 1 aromatic heterocycles. The number of nitrogens with zero attached hydrogens (tertiary/aromatic N) is 1. The smallest absolute Gasteiger partial charge is 0.195 e. The van der Waals surface area contributed by atoms with Crippen LogP contribution < -0.4 is 5.32 Å². The van der Waals surface area contributed by atoms with Crippen LogP contribution in [0.1, 0.15) is 18.2 Å². The van der Waals surface area contributed by atoms with Crippen molar-refractivity contribution in [2.45, 2.75) is 20.0 Å². The van der Waals surface area contributed by atoms with Crippen molar-refractivity contribution < 1.29 is 17.9 Å². The summed E-state index contributed by atoms with van der Waals surface area (Å²) in [5.41, 5.74) is 2.03. The van der Waals surface area contributed by atoms with Gasteiger partial charge in [0.25, 0.3) is 0 Å². The number of fused-ring (bicyclic) bond motifs is 2. The molecule has 0 bridgehead atoms. The SMILES string of the molecule is CCNc1c2c(nc3cc(F)c(F)c(F)c13)CCOC2. The summed E-state index contributed by atoms with van der Waals surface area (Å²) in [6, 6.07) is 0.935. The van der Waals surface area contributed by atoms with E-state index in [1.807, 2.05) is 6.92 Å². The molecule has 1 aliphatic rings. The number of anilines is 1. The molecule has 0 radical (unpaired) electrons. The second kappa shape index (κ2) is 4.94. The van der Waals surface area contributed by atoms with Crippen molar-refractivity contribution in [2.75, 3.05) is 18.5 Å². The molecule has 1 aromatic carbocycles. The second-order valence-corrected chi connectivity index (χ2v) is 4.63. The average Bonchev–Trinajstić information content (AvgIpc) is 2.45. The van der Waals surface area contributed by atoms with E-state index >= 15 is 0 Å². The molecule has 3 nitrogen and oxygen atoms in total. The predicted octanol–water partition coefficient (Wildman–Crippen LogP) is 3.16. The quantitative estimate of drug-likeness (QED) is 0.859. The van der Waals surface area contributed by atoms with Crippen LogP contribution in [0.5, 0.6) is 0 Å². The summed E-state index contributed by atoms with van der Waals surface area (Å²) in [6.07, 6.45) is 0.574. The monoisotopic (exact) mass is 282 g/mol. The molecule has 6 heteroatoms. The summed E-state index contributed by atoms with van der Waals surface area (Å²) in [7, 11) is 0. The first-order valence-corrected chi connectivity index (χ1v) is 6.44. The lowest BCUT2D eigenvalue weighted by molar-refractivity contribution is 0.110. The Bertz CT molecular complexity index is 688. The fraction of sp³-hybridized carbons (Fsp3) is 0.357. The van der Waals surface area contributed by atoms with Crippen LogP contribution in [0.15, 0.2) is 6.07 Å². The molecule has 0 unspecified atom stereocenters. The van der Waals surface area contributed by atoms with Gasteiger partial charge in [-0.3, -0.25) is 4.98 Å². The van der Waals surface area contributed by atoms with Gasteiger partial charge in [0.05, 0.1) is 35.5 Å². The number of pyridine rings is 1. The van der Waals surface area contributed by atoms with E-state index in [1.165, 1.54) is 0 Å². The highest BCUT2D eigenvalue weighted by molar-refractivity contribution is 5.94. The zero-order valence-corrected chi connectivity index (χ0v) is 10.9. The van der Waals surface area contributed by atoms with Crippen LogP contribution in [0.2, 0.25) is 0 Å². The molecular formula is C14H13F3N2O. The number of hydrogen-bond donors (Lipinski definition) is 1. The van der Waals surface area contributed by atoms with E-state index in [9.17, 15) is 13.2 Å². The average molecular weight is 282 g/mol. The standard InChI is InChI=1S/C14H13F3N2O/c1-2-18-14-7-6-20-4-3-9(7)19-10-5-8(15)12(16)13(17)11(10)14/h5H,2-4,6H2,1H3,(H,18,19).